The van der Waals surface area contributed by atoms with Gasteiger partial charge in [-0.15, -0.1) is 0 Å². The van der Waals surface area contributed by atoms with Crippen molar-refractivity contribution in [3.8, 4) is 23.0 Å². The minimum atomic E-state index is -4.52. The summed E-state index contributed by atoms with van der Waals surface area (Å²) in [6.07, 6.45) is -1.25. The average Bonchev–Trinajstić information content (AvgIpc) is 2.94. The molecule has 0 aromatic heterocycles. The van der Waals surface area contributed by atoms with Crippen LogP contribution in [0.3, 0.4) is 0 Å². The van der Waals surface area contributed by atoms with E-state index >= 15 is 0 Å². The predicted octanol–water partition coefficient (Wildman–Crippen LogP) is 4.48. The molecule has 1 atom stereocenters. The largest absolute Gasteiger partial charge is 0.496 e. The summed E-state index contributed by atoms with van der Waals surface area (Å²) in [6, 6.07) is 9.32. The van der Waals surface area contributed by atoms with Crippen LogP contribution in [0.15, 0.2) is 36.4 Å². The molecule has 2 rings (SSSR count). The van der Waals surface area contributed by atoms with E-state index in [9.17, 15) is 14.2 Å². The van der Waals surface area contributed by atoms with E-state index in [1.807, 2.05) is 0 Å². The fourth-order valence-corrected chi connectivity index (χ4v) is 6.45. The van der Waals surface area contributed by atoms with Crippen LogP contribution in [0, 0.1) is 0 Å². The first-order valence-electron chi connectivity index (χ1n) is 11.3. The number of carbonyl (C=O) groups excluding carboxylic acids is 2. The molecule has 2 aromatic rings. The van der Waals surface area contributed by atoms with E-state index in [0.717, 1.165) is 0 Å². The van der Waals surface area contributed by atoms with Crippen LogP contribution in [-0.2, 0) is 18.8 Å². The lowest BCUT2D eigenvalue weighted by atomic mass is 10.1. The van der Waals surface area contributed by atoms with Gasteiger partial charge in [-0.05, 0) is 31.2 Å². The fraction of sp³-hybridized carbons (Fsp3) is 0.462. The van der Waals surface area contributed by atoms with Gasteiger partial charge in [0, 0.05) is 33.9 Å². The molecule has 0 aliphatic heterocycles. The fourth-order valence-electron chi connectivity index (χ4n) is 3.92. The second-order valence-electron chi connectivity index (χ2n) is 8.21. The molecule has 0 fully saturated rings. The van der Waals surface area contributed by atoms with Gasteiger partial charge in [-0.25, -0.2) is 0 Å². The van der Waals surface area contributed by atoms with E-state index in [1.54, 1.807) is 19.1 Å². The predicted molar refractivity (Wildman–Crippen MR) is 138 cm³/mol. The number of carbonyl (C=O) groups is 2. The van der Waals surface area contributed by atoms with E-state index < -0.39 is 36.2 Å². The van der Waals surface area contributed by atoms with E-state index in [4.69, 9.17) is 33.2 Å². The number of hydrogen-bond donors (Lipinski definition) is 0. The Balaban J connectivity index is 2.79. The van der Waals surface area contributed by atoms with Gasteiger partial charge in [-0.3, -0.25) is 9.59 Å². The SMILES string of the molecule is COc1cccc(OC)c1C(=O)P(=O)(CC(CC(C)(OC)OC)OC)C(=O)c1c(OC)cccc1OC. The Morgan fingerprint density at radius 3 is 1.35 bits per heavy atom. The number of hydrogen-bond acceptors (Lipinski definition) is 10. The van der Waals surface area contributed by atoms with Crippen molar-refractivity contribution in [2.24, 2.45) is 0 Å². The summed E-state index contributed by atoms with van der Waals surface area (Å²) in [5, 5.41) is 0. The van der Waals surface area contributed by atoms with Gasteiger partial charge in [0.2, 0.25) is 18.2 Å². The average molecular weight is 539 g/mol. The molecule has 1 unspecified atom stereocenters. The maximum Gasteiger partial charge on any atom is 0.236 e. The lowest BCUT2D eigenvalue weighted by Gasteiger charge is -2.31. The van der Waals surface area contributed by atoms with Gasteiger partial charge in [0.05, 0.1) is 34.5 Å². The van der Waals surface area contributed by atoms with Crippen LogP contribution in [0.1, 0.15) is 34.1 Å². The van der Waals surface area contributed by atoms with Gasteiger partial charge in [0.25, 0.3) is 0 Å². The normalized spacial score (nSPS) is 12.5. The Labute approximate surface area is 217 Å². The molecule has 0 N–H and O–H groups in total. The second kappa shape index (κ2) is 13.1. The maximum absolute atomic E-state index is 14.8. The maximum atomic E-state index is 14.8. The summed E-state index contributed by atoms with van der Waals surface area (Å²) in [7, 11) is 5.23. The number of ether oxygens (including phenoxy) is 7. The van der Waals surface area contributed by atoms with Crippen molar-refractivity contribution in [2.75, 3.05) is 55.9 Å². The highest BCUT2D eigenvalue weighted by atomic mass is 31.2. The van der Waals surface area contributed by atoms with Crippen molar-refractivity contribution >= 4 is 18.2 Å². The van der Waals surface area contributed by atoms with E-state index in [0.29, 0.717) is 0 Å². The summed E-state index contributed by atoms with van der Waals surface area (Å²) in [6.45, 7) is 1.67. The highest BCUT2D eigenvalue weighted by Gasteiger charge is 2.48. The molecular formula is C26H35O10P. The minimum absolute atomic E-state index is 0.0766. The molecule has 0 bridgehead atoms. The smallest absolute Gasteiger partial charge is 0.236 e. The summed E-state index contributed by atoms with van der Waals surface area (Å²) in [5.41, 5.74) is -2.13. The first-order valence-corrected chi connectivity index (χ1v) is 13.2. The van der Waals surface area contributed by atoms with Gasteiger partial charge in [0.1, 0.15) is 34.1 Å². The highest BCUT2D eigenvalue weighted by Crippen LogP contribution is 2.57. The molecule has 0 spiro atoms. The highest BCUT2D eigenvalue weighted by molar-refractivity contribution is 7.95. The summed E-state index contributed by atoms with van der Waals surface area (Å²) >= 11 is 0. The number of benzene rings is 2. The van der Waals surface area contributed by atoms with Crippen LogP contribution in [0.25, 0.3) is 0 Å². The number of rotatable bonds is 15. The topological polar surface area (TPSA) is 116 Å². The molecule has 0 amide bonds. The Morgan fingerprint density at radius 1 is 0.730 bits per heavy atom. The number of methoxy groups -OCH3 is 7. The van der Waals surface area contributed by atoms with Crippen molar-refractivity contribution in [3.05, 3.63) is 47.5 Å². The van der Waals surface area contributed by atoms with E-state index in [1.165, 1.54) is 74.0 Å². The van der Waals surface area contributed by atoms with Gasteiger partial charge in [-0.2, -0.15) is 0 Å². The third kappa shape index (κ3) is 6.33. The first-order chi connectivity index (χ1) is 17.6. The van der Waals surface area contributed by atoms with Gasteiger partial charge in [-0.1, -0.05) is 12.1 Å². The molecule has 10 nitrogen and oxygen atoms in total. The first kappa shape index (κ1) is 30.3. The zero-order chi connectivity index (χ0) is 27.8. The van der Waals surface area contributed by atoms with Crippen molar-refractivity contribution in [1.29, 1.82) is 0 Å². The van der Waals surface area contributed by atoms with Crippen molar-refractivity contribution in [3.63, 3.8) is 0 Å². The van der Waals surface area contributed by atoms with Gasteiger partial charge >= 0.3 is 0 Å². The lowest BCUT2D eigenvalue weighted by molar-refractivity contribution is -0.209. The van der Waals surface area contributed by atoms with Crippen molar-refractivity contribution in [2.45, 2.75) is 25.2 Å². The van der Waals surface area contributed by atoms with Crippen molar-refractivity contribution in [1.82, 2.24) is 0 Å². The molecule has 0 aliphatic carbocycles. The Bertz CT molecular complexity index is 1030. The third-order valence-electron chi connectivity index (χ3n) is 6.20. The Morgan fingerprint density at radius 2 is 1.08 bits per heavy atom. The third-order valence-corrected chi connectivity index (χ3v) is 8.88. The van der Waals surface area contributed by atoms with Crippen LogP contribution in [0.4, 0.5) is 0 Å². The Kier molecular flexibility index (Phi) is 10.7. The van der Waals surface area contributed by atoms with Crippen LogP contribution in [0.2, 0.25) is 0 Å². The van der Waals surface area contributed by atoms with Gasteiger partial charge in [0.15, 0.2) is 5.79 Å². The van der Waals surface area contributed by atoms with Crippen LogP contribution in [-0.4, -0.2) is 78.9 Å². The van der Waals surface area contributed by atoms with Crippen LogP contribution >= 0.6 is 7.14 Å². The summed E-state index contributed by atoms with van der Waals surface area (Å²) < 4.78 is 52.8. The molecule has 2 aromatic carbocycles. The quantitative estimate of drug-likeness (QED) is 0.237. The van der Waals surface area contributed by atoms with Crippen LogP contribution < -0.4 is 18.9 Å². The molecule has 0 saturated heterocycles. The second-order valence-corrected chi connectivity index (χ2v) is 10.9. The lowest BCUT2D eigenvalue weighted by Crippen LogP contribution is -2.37. The molecular weight excluding hydrogens is 503 g/mol. The molecule has 0 radical (unpaired) electrons. The van der Waals surface area contributed by atoms with Crippen LogP contribution in [0.5, 0.6) is 23.0 Å². The minimum Gasteiger partial charge on any atom is -0.496 e. The monoisotopic (exact) mass is 538 g/mol. The van der Waals surface area contributed by atoms with E-state index in [2.05, 4.69) is 0 Å². The summed E-state index contributed by atoms with van der Waals surface area (Å²) in [4.78, 5) is 28.3. The standard InChI is InChI=1S/C26H35O10P/c1-26(35-7,36-8)15-17(30-2)16-37(29,24(27)22-18(31-3)11-9-12-19(22)32-4)25(28)23-20(33-5)13-10-14-21(23)34-6/h9-14,17H,15-16H2,1-8H3. The zero-order valence-corrected chi connectivity index (χ0v) is 23.4. The molecule has 11 heteroatoms. The molecule has 0 heterocycles. The molecule has 0 aliphatic rings. The Hall–Kier alpha value is -2.91. The van der Waals surface area contributed by atoms with Crippen molar-refractivity contribution < 1.29 is 47.3 Å². The van der Waals surface area contributed by atoms with Gasteiger partial charge < -0.3 is 37.7 Å². The van der Waals surface area contributed by atoms with E-state index in [-0.39, 0.29) is 40.5 Å². The molecule has 204 valence electrons. The molecule has 0 saturated carbocycles. The summed E-state index contributed by atoms with van der Waals surface area (Å²) in [5.74, 6) is -0.690. The zero-order valence-electron chi connectivity index (χ0n) is 22.5. The molecule has 37 heavy (non-hydrogen) atoms.